The number of Topliss-reactive ketones (excluding diaryl/α,β-unsaturated/α-hetero) is 1. The van der Waals surface area contributed by atoms with Gasteiger partial charge in [-0.1, -0.05) is 30.3 Å². The minimum atomic E-state index is -0.493. The third kappa shape index (κ3) is 7.97. The van der Waals surface area contributed by atoms with E-state index in [0.717, 1.165) is 37.7 Å². The van der Waals surface area contributed by atoms with Crippen LogP contribution < -0.4 is 15.0 Å². The molecule has 0 aliphatic heterocycles. The number of carbonyl (C=O) groups is 3. The summed E-state index contributed by atoms with van der Waals surface area (Å²) < 4.78 is 11.6. The minimum Gasteiger partial charge on any atom is -0.493 e. The average Bonchev–Trinajstić information content (AvgIpc) is 3.73. The largest absolute Gasteiger partial charge is 0.493 e. The van der Waals surface area contributed by atoms with Crippen LogP contribution in [0.5, 0.6) is 11.5 Å². The summed E-state index contributed by atoms with van der Waals surface area (Å²) in [5, 5.41) is 0. The maximum Gasteiger partial charge on any atom is 0.351 e. The molecular formula is C29H38N2O6. The molecule has 1 fully saturated rings. The zero-order valence-corrected chi connectivity index (χ0v) is 22.2. The van der Waals surface area contributed by atoms with Crippen LogP contribution in [0.4, 0.5) is 4.79 Å². The van der Waals surface area contributed by atoms with Gasteiger partial charge in [0.15, 0.2) is 5.78 Å². The molecule has 0 saturated heterocycles. The van der Waals surface area contributed by atoms with E-state index in [0.29, 0.717) is 36.8 Å². The van der Waals surface area contributed by atoms with Gasteiger partial charge >= 0.3 is 12.0 Å². The van der Waals surface area contributed by atoms with Crippen molar-refractivity contribution in [2.45, 2.75) is 65.8 Å². The molecule has 0 unspecified atom stereocenters. The van der Waals surface area contributed by atoms with Crippen LogP contribution in [0.3, 0.4) is 0 Å². The third-order valence-corrected chi connectivity index (χ3v) is 6.36. The minimum absolute atomic E-state index is 0.126. The SMILES string of the molecule is CCOc1cc([C@@H](C)N(CCCCc2ccccc2)C(=O)NOC(=O)C2CC2)cc(OCC)c1C(C)=O. The Morgan fingerprint density at radius 2 is 1.62 bits per heavy atom. The monoisotopic (exact) mass is 510 g/mol. The van der Waals surface area contributed by atoms with Crippen LogP contribution in [0, 0.1) is 5.92 Å². The van der Waals surface area contributed by atoms with Gasteiger partial charge in [-0.15, -0.1) is 0 Å². The van der Waals surface area contributed by atoms with Crippen molar-refractivity contribution in [1.82, 2.24) is 10.4 Å². The van der Waals surface area contributed by atoms with E-state index in [1.807, 2.05) is 39.0 Å². The Balaban J connectivity index is 1.81. The zero-order chi connectivity index (χ0) is 26.8. The first-order valence-electron chi connectivity index (χ1n) is 13.1. The first-order valence-corrected chi connectivity index (χ1v) is 13.1. The molecule has 8 nitrogen and oxygen atoms in total. The van der Waals surface area contributed by atoms with Crippen LogP contribution in [0.2, 0.25) is 0 Å². The van der Waals surface area contributed by atoms with E-state index in [1.54, 1.807) is 17.0 Å². The Morgan fingerprint density at radius 3 is 2.16 bits per heavy atom. The molecule has 0 aromatic heterocycles. The van der Waals surface area contributed by atoms with Crippen molar-refractivity contribution >= 4 is 17.8 Å². The second-order valence-electron chi connectivity index (χ2n) is 9.23. The van der Waals surface area contributed by atoms with Crippen molar-refractivity contribution in [3.63, 3.8) is 0 Å². The smallest absolute Gasteiger partial charge is 0.351 e. The quantitative estimate of drug-likeness (QED) is 0.213. The highest BCUT2D eigenvalue weighted by Crippen LogP contribution is 2.36. The Labute approximate surface area is 219 Å². The maximum absolute atomic E-state index is 13.2. The first kappa shape index (κ1) is 28.0. The lowest BCUT2D eigenvalue weighted by Crippen LogP contribution is -2.43. The number of ketones is 1. The summed E-state index contributed by atoms with van der Waals surface area (Å²) in [7, 11) is 0. The van der Waals surface area contributed by atoms with Crippen molar-refractivity contribution < 1.29 is 28.7 Å². The van der Waals surface area contributed by atoms with Crippen molar-refractivity contribution in [3.8, 4) is 11.5 Å². The summed E-state index contributed by atoms with van der Waals surface area (Å²) in [5.74, 6) is 0.153. The Hall–Kier alpha value is -3.55. The van der Waals surface area contributed by atoms with Crippen molar-refractivity contribution in [3.05, 3.63) is 59.2 Å². The highest BCUT2D eigenvalue weighted by Gasteiger charge is 2.33. The number of hydroxylamine groups is 1. The predicted molar refractivity (Wildman–Crippen MR) is 141 cm³/mol. The number of carbonyl (C=O) groups excluding carboxylic acids is 3. The number of amides is 2. The van der Waals surface area contributed by atoms with Crippen LogP contribution in [-0.4, -0.2) is 42.4 Å². The van der Waals surface area contributed by atoms with Crippen molar-refractivity contribution in [2.24, 2.45) is 5.92 Å². The summed E-state index contributed by atoms with van der Waals surface area (Å²) in [6, 6.07) is 12.9. The predicted octanol–water partition coefficient (Wildman–Crippen LogP) is 5.65. The number of rotatable bonds is 13. The van der Waals surface area contributed by atoms with Gasteiger partial charge in [-0.2, -0.15) is 5.48 Å². The average molecular weight is 511 g/mol. The van der Waals surface area contributed by atoms with Gasteiger partial charge in [0, 0.05) is 6.54 Å². The van der Waals surface area contributed by atoms with E-state index in [1.165, 1.54) is 12.5 Å². The van der Waals surface area contributed by atoms with Gasteiger partial charge in [-0.05, 0) is 83.1 Å². The van der Waals surface area contributed by atoms with Gasteiger partial charge in [0.05, 0.1) is 25.2 Å². The number of nitrogens with zero attached hydrogens (tertiary/aromatic N) is 1. The van der Waals surface area contributed by atoms with Crippen LogP contribution >= 0.6 is 0 Å². The highest BCUT2D eigenvalue weighted by molar-refractivity contribution is 5.99. The molecule has 0 bridgehead atoms. The van der Waals surface area contributed by atoms with E-state index in [9.17, 15) is 14.4 Å². The van der Waals surface area contributed by atoms with Crippen molar-refractivity contribution in [2.75, 3.05) is 19.8 Å². The molecule has 2 amide bonds. The molecular weight excluding hydrogens is 472 g/mol. The van der Waals surface area contributed by atoms with Gasteiger partial charge in [-0.3, -0.25) is 4.79 Å². The Morgan fingerprint density at radius 1 is 1.00 bits per heavy atom. The Kier molecular flexibility index (Phi) is 10.4. The van der Waals surface area contributed by atoms with Gasteiger partial charge in [-0.25, -0.2) is 9.59 Å². The summed E-state index contributed by atoms with van der Waals surface area (Å²) in [6.07, 6.45) is 4.12. The fourth-order valence-corrected chi connectivity index (χ4v) is 4.20. The number of aryl methyl sites for hydroxylation is 1. The molecule has 200 valence electrons. The number of hydrogen-bond donors (Lipinski definition) is 1. The second kappa shape index (κ2) is 13.7. The summed E-state index contributed by atoms with van der Waals surface area (Å²) >= 11 is 0. The fraction of sp³-hybridized carbons (Fsp3) is 0.483. The number of nitrogens with one attached hydrogen (secondary N) is 1. The second-order valence-corrected chi connectivity index (χ2v) is 9.23. The maximum atomic E-state index is 13.2. The molecule has 0 radical (unpaired) electrons. The van der Waals surface area contributed by atoms with E-state index in [2.05, 4.69) is 17.6 Å². The molecule has 37 heavy (non-hydrogen) atoms. The van der Waals surface area contributed by atoms with E-state index < -0.39 is 18.0 Å². The molecule has 1 aliphatic carbocycles. The molecule has 2 aromatic carbocycles. The topological polar surface area (TPSA) is 94.2 Å². The lowest BCUT2D eigenvalue weighted by Gasteiger charge is -2.30. The lowest BCUT2D eigenvalue weighted by atomic mass is 10.00. The molecule has 1 atom stereocenters. The molecule has 0 spiro atoms. The molecule has 1 saturated carbocycles. The van der Waals surface area contributed by atoms with Crippen LogP contribution in [0.25, 0.3) is 0 Å². The third-order valence-electron chi connectivity index (χ3n) is 6.36. The molecule has 1 aliphatic rings. The molecule has 1 N–H and O–H groups in total. The Bertz CT molecular complexity index is 1040. The first-order chi connectivity index (χ1) is 17.8. The van der Waals surface area contributed by atoms with Crippen molar-refractivity contribution in [1.29, 1.82) is 0 Å². The van der Waals surface area contributed by atoms with Gasteiger partial charge in [0.25, 0.3) is 0 Å². The van der Waals surface area contributed by atoms with Crippen LogP contribution in [-0.2, 0) is 16.1 Å². The number of urea groups is 1. The van der Waals surface area contributed by atoms with Gasteiger partial charge in [0.1, 0.15) is 17.1 Å². The zero-order valence-electron chi connectivity index (χ0n) is 22.2. The van der Waals surface area contributed by atoms with E-state index in [4.69, 9.17) is 14.3 Å². The lowest BCUT2D eigenvalue weighted by molar-refractivity contribution is -0.150. The summed E-state index contributed by atoms with van der Waals surface area (Å²) in [4.78, 5) is 44.3. The molecule has 3 rings (SSSR count). The molecule has 8 heteroatoms. The van der Waals surface area contributed by atoms with Crippen LogP contribution in [0.15, 0.2) is 42.5 Å². The molecule has 0 heterocycles. The number of ether oxygens (including phenoxy) is 2. The van der Waals surface area contributed by atoms with Gasteiger partial charge < -0.3 is 19.2 Å². The highest BCUT2D eigenvalue weighted by atomic mass is 16.7. The van der Waals surface area contributed by atoms with E-state index in [-0.39, 0.29) is 11.7 Å². The fourth-order valence-electron chi connectivity index (χ4n) is 4.20. The molecule has 2 aromatic rings. The number of hydrogen-bond acceptors (Lipinski definition) is 6. The normalized spacial score (nSPS) is 13.4. The van der Waals surface area contributed by atoms with E-state index >= 15 is 0 Å². The van der Waals surface area contributed by atoms with Gasteiger partial charge in [0.2, 0.25) is 0 Å². The summed E-state index contributed by atoms with van der Waals surface area (Å²) in [6.45, 7) is 8.28. The summed E-state index contributed by atoms with van der Waals surface area (Å²) in [5.41, 5.74) is 4.73. The number of benzene rings is 2. The standard InChI is InChI=1S/C29H38N2O6/c1-5-35-25-18-24(19-26(36-6-2)27(25)21(4)32)20(3)31(29(34)30-37-28(33)23-15-16-23)17-11-10-14-22-12-8-7-9-13-22/h7-9,12-13,18-20,23H,5-6,10-11,14-17H2,1-4H3,(H,30,34)/t20-/m1/s1. The number of unbranched alkanes of at least 4 members (excludes halogenated alkanes) is 1. The van der Waals surface area contributed by atoms with Crippen LogP contribution in [0.1, 0.15) is 80.9 Å².